The molecule has 0 N–H and O–H groups in total. The number of rotatable bonds is 5. The van der Waals surface area contributed by atoms with Gasteiger partial charge in [0.15, 0.2) is 10.9 Å². The number of nitrogens with zero attached hydrogens (tertiary/aromatic N) is 4. The number of ketones is 1. The van der Waals surface area contributed by atoms with Crippen LogP contribution in [0.4, 0.5) is 0 Å². The molecule has 0 saturated heterocycles. The summed E-state index contributed by atoms with van der Waals surface area (Å²) in [5, 5.41) is 5.23. The summed E-state index contributed by atoms with van der Waals surface area (Å²) >= 11 is 2.95. The third-order valence-corrected chi connectivity index (χ3v) is 6.94. The second kappa shape index (κ2) is 7.72. The molecule has 1 aromatic carbocycles. The fraction of sp³-hybridized carbons (Fsp3) is 0.130. The fourth-order valence-electron chi connectivity index (χ4n) is 3.82. The maximum atomic E-state index is 13.3. The second-order valence-electron chi connectivity index (χ2n) is 7.23. The van der Waals surface area contributed by atoms with Gasteiger partial charge in [-0.3, -0.25) is 18.7 Å². The van der Waals surface area contributed by atoms with E-state index in [1.165, 1.54) is 33.6 Å². The van der Waals surface area contributed by atoms with Crippen molar-refractivity contribution in [3.63, 3.8) is 0 Å². The minimum Gasteiger partial charge on any atom is -0.294 e. The fourth-order valence-corrected chi connectivity index (χ4v) is 5.47. The SMILES string of the molecule is Cc1cc(C(=O)Cn2cnc3scc(-c4ccccc4)c3c2=O)c(C)n1-c1nccs1. The van der Waals surface area contributed by atoms with Crippen molar-refractivity contribution in [3.05, 3.63) is 87.0 Å². The van der Waals surface area contributed by atoms with Crippen LogP contribution in [-0.2, 0) is 6.54 Å². The van der Waals surface area contributed by atoms with Crippen LogP contribution < -0.4 is 5.56 Å². The van der Waals surface area contributed by atoms with E-state index in [4.69, 9.17) is 0 Å². The third-order valence-electron chi connectivity index (χ3n) is 5.30. The normalized spacial score (nSPS) is 11.3. The van der Waals surface area contributed by atoms with Crippen molar-refractivity contribution in [2.24, 2.45) is 0 Å². The van der Waals surface area contributed by atoms with Gasteiger partial charge in [0.05, 0.1) is 18.3 Å². The number of hydrogen-bond acceptors (Lipinski definition) is 6. The number of aryl methyl sites for hydroxylation is 1. The smallest absolute Gasteiger partial charge is 0.263 e. The van der Waals surface area contributed by atoms with Crippen LogP contribution in [0.5, 0.6) is 0 Å². The Morgan fingerprint density at radius 3 is 2.65 bits per heavy atom. The maximum absolute atomic E-state index is 13.3. The Kier molecular flexibility index (Phi) is 4.88. The van der Waals surface area contributed by atoms with Crippen molar-refractivity contribution >= 4 is 38.7 Å². The molecule has 4 heterocycles. The van der Waals surface area contributed by atoms with Gasteiger partial charge in [0.25, 0.3) is 5.56 Å². The van der Waals surface area contributed by atoms with Gasteiger partial charge < -0.3 is 0 Å². The predicted octanol–water partition coefficient (Wildman–Crippen LogP) is 4.87. The number of aromatic nitrogens is 4. The summed E-state index contributed by atoms with van der Waals surface area (Å²) in [5.74, 6) is -0.129. The van der Waals surface area contributed by atoms with E-state index in [9.17, 15) is 9.59 Å². The molecule has 0 aliphatic heterocycles. The van der Waals surface area contributed by atoms with Gasteiger partial charge in [0.1, 0.15) is 4.83 Å². The largest absolute Gasteiger partial charge is 0.294 e. The average Bonchev–Trinajstić information content (AvgIpc) is 3.50. The first kappa shape index (κ1) is 19.6. The topological polar surface area (TPSA) is 69.8 Å². The molecule has 0 aliphatic rings. The zero-order valence-corrected chi connectivity index (χ0v) is 18.5. The van der Waals surface area contributed by atoms with Gasteiger partial charge in [0.2, 0.25) is 0 Å². The van der Waals surface area contributed by atoms with E-state index in [0.717, 1.165) is 27.6 Å². The summed E-state index contributed by atoms with van der Waals surface area (Å²) in [6.45, 7) is 3.79. The predicted molar refractivity (Wildman–Crippen MR) is 125 cm³/mol. The van der Waals surface area contributed by atoms with Crippen LogP contribution in [0.2, 0.25) is 0 Å². The summed E-state index contributed by atoms with van der Waals surface area (Å²) in [7, 11) is 0. The molecule has 4 aromatic heterocycles. The lowest BCUT2D eigenvalue weighted by atomic mass is 10.1. The number of thiazole rings is 1. The van der Waals surface area contributed by atoms with E-state index < -0.39 is 0 Å². The molecule has 6 nitrogen and oxygen atoms in total. The molecule has 5 rings (SSSR count). The Hall–Kier alpha value is -3.36. The molecule has 0 fully saturated rings. The van der Waals surface area contributed by atoms with E-state index in [1.54, 1.807) is 6.20 Å². The molecule has 0 unspecified atom stereocenters. The van der Waals surface area contributed by atoms with Crippen LogP contribution >= 0.6 is 22.7 Å². The Bertz CT molecular complexity index is 1460. The van der Waals surface area contributed by atoms with E-state index in [0.29, 0.717) is 15.8 Å². The van der Waals surface area contributed by atoms with Crippen LogP contribution in [0.1, 0.15) is 21.7 Å². The standard InChI is InChI=1S/C23H18N4O2S2/c1-14-10-17(15(2)27(14)23-24-8-9-30-23)19(28)11-26-13-25-21-20(22(26)29)18(12-31-21)16-6-4-3-5-7-16/h3-10,12-13H,11H2,1-2H3. The van der Waals surface area contributed by atoms with Crippen LogP contribution in [0.25, 0.3) is 26.5 Å². The molecule has 0 amide bonds. The van der Waals surface area contributed by atoms with Crippen LogP contribution in [-0.4, -0.2) is 24.9 Å². The average molecular weight is 447 g/mol. The zero-order chi connectivity index (χ0) is 21.5. The van der Waals surface area contributed by atoms with E-state index in [2.05, 4.69) is 9.97 Å². The van der Waals surface area contributed by atoms with Crippen LogP contribution in [0, 0.1) is 13.8 Å². The summed E-state index contributed by atoms with van der Waals surface area (Å²) in [6.07, 6.45) is 3.21. The van der Waals surface area contributed by atoms with Crippen molar-refractivity contribution < 1.29 is 4.79 Å². The Morgan fingerprint density at radius 1 is 1.10 bits per heavy atom. The molecule has 0 radical (unpaired) electrons. The number of fused-ring (bicyclic) bond motifs is 1. The van der Waals surface area contributed by atoms with Gasteiger partial charge in [-0.15, -0.1) is 22.7 Å². The maximum Gasteiger partial charge on any atom is 0.263 e. The van der Waals surface area contributed by atoms with Gasteiger partial charge in [0, 0.05) is 39.5 Å². The highest BCUT2D eigenvalue weighted by Crippen LogP contribution is 2.30. The molecular weight excluding hydrogens is 428 g/mol. The number of thiophene rings is 1. The lowest BCUT2D eigenvalue weighted by molar-refractivity contribution is 0.0970. The summed E-state index contributed by atoms with van der Waals surface area (Å²) in [4.78, 5) is 35.9. The zero-order valence-electron chi connectivity index (χ0n) is 16.9. The van der Waals surface area contributed by atoms with Gasteiger partial charge in [-0.1, -0.05) is 30.3 Å². The molecular formula is C23H18N4O2S2. The van der Waals surface area contributed by atoms with Crippen molar-refractivity contribution in [3.8, 4) is 16.3 Å². The minimum atomic E-state index is -0.202. The second-order valence-corrected chi connectivity index (χ2v) is 8.96. The van der Waals surface area contributed by atoms with Crippen molar-refractivity contribution in [1.29, 1.82) is 0 Å². The number of hydrogen-bond donors (Lipinski definition) is 0. The van der Waals surface area contributed by atoms with Crippen LogP contribution in [0.15, 0.2) is 64.5 Å². The first-order chi connectivity index (χ1) is 15.0. The number of Topliss-reactive ketones (excluding diaryl/α,β-unsaturated/α-hetero) is 1. The molecule has 0 saturated carbocycles. The Morgan fingerprint density at radius 2 is 1.90 bits per heavy atom. The lowest BCUT2D eigenvalue weighted by Gasteiger charge is -2.07. The van der Waals surface area contributed by atoms with Gasteiger partial charge in [-0.05, 0) is 25.5 Å². The molecule has 0 aliphatic carbocycles. The molecule has 31 heavy (non-hydrogen) atoms. The van der Waals surface area contributed by atoms with Gasteiger partial charge in [-0.25, -0.2) is 9.97 Å². The molecule has 0 bridgehead atoms. The van der Waals surface area contributed by atoms with E-state index in [-0.39, 0.29) is 17.9 Å². The van der Waals surface area contributed by atoms with Gasteiger partial charge >= 0.3 is 0 Å². The third kappa shape index (κ3) is 3.34. The molecule has 0 atom stereocenters. The highest BCUT2D eigenvalue weighted by molar-refractivity contribution is 7.17. The minimum absolute atomic E-state index is 0.0615. The molecule has 154 valence electrons. The Balaban J connectivity index is 1.53. The van der Waals surface area contributed by atoms with E-state index in [1.807, 2.05) is 65.6 Å². The first-order valence-corrected chi connectivity index (χ1v) is 11.4. The van der Waals surface area contributed by atoms with Crippen molar-refractivity contribution in [2.45, 2.75) is 20.4 Å². The Labute approximate surface area is 186 Å². The summed E-state index contributed by atoms with van der Waals surface area (Å²) in [6, 6.07) is 11.6. The van der Waals surface area contributed by atoms with Crippen molar-refractivity contribution in [1.82, 2.24) is 19.1 Å². The van der Waals surface area contributed by atoms with Crippen LogP contribution in [0.3, 0.4) is 0 Å². The summed E-state index contributed by atoms with van der Waals surface area (Å²) < 4.78 is 3.37. The number of benzene rings is 1. The highest BCUT2D eigenvalue weighted by Gasteiger charge is 2.20. The summed E-state index contributed by atoms with van der Waals surface area (Å²) in [5.41, 5.74) is 3.95. The first-order valence-electron chi connectivity index (χ1n) is 9.68. The lowest BCUT2D eigenvalue weighted by Crippen LogP contribution is -2.24. The monoisotopic (exact) mass is 446 g/mol. The number of carbonyl (C=O) groups is 1. The molecule has 8 heteroatoms. The highest BCUT2D eigenvalue weighted by atomic mass is 32.1. The quantitative estimate of drug-likeness (QED) is 0.361. The molecule has 0 spiro atoms. The van der Waals surface area contributed by atoms with Crippen molar-refractivity contribution in [2.75, 3.05) is 0 Å². The molecule has 5 aromatic rings. The van der Waals surface area contributed by atoms with Gasteiger partial charge in [-0.2, -0.15) is 0 Å². The van der Waals surface area contributed by atoms with E-state index >= 15 is 0 Å². The number of carbonyl (C=O) groups excluding carboxylic acids is 1.